The maximum Gasteiger partial charge on any atom is 0.345 e. The molecule has 2 aromatic carbocycles. The van der Waals surface area contributed by atoms with Gasteiger partial charge in [-0.1, -0.05) is 24.3 Å². The predicted molar refractivity (Wildman–Crippen MR) is 90.8 cm³/mol. The molecule has 136 valence electrons. The Hall–Kier alpha value is -3.88. The zero-order valence-electron chi connectivity index (χ0n) is 14.0. The second-order valence-corrected chi connectivity index (χ2v) is 5.59. The van der Waals surface area contributed by atoms with Crippen molar-refractivity contribution in [2.24, 2.45) is 0 Å². The number of amides is 1. The Morgan fingerprint density at radius 3 is 2.26 bits per heavy atom. The molecule has 9 heteroatoms. The first kappa shape index (κ1) is 17.9. The molecule has 3 rings (SSSR count). The molecular weight excluding hydrogens is 356 g/mol. The standard InChI is InChI=1S/C18H12N2O7/c1-19-13(21)8-27-18(24)12-7-6-11-14(15(12)20(25)26)17(23)10-5-3-2-4-9(10)16(11)22/h2-7H,8H2,1H3,(H,19,21). The maximum atomic E-state index is 12.8. The quantitative estimate of drug-likeness (QED) is 0.416. The molecule has 0 radical (unpaired) electrons. The Balaban J connectivity index is 2.14. The van der Waals surface area contributed by atoms with Gasteiger partial charge >= 0.3 is 5.97 Å². The Labute approximate surface area is 152 Å². The minimum atomic E-state index is -1.15. The smallest absolute Gasteiger partial charge is 0.345 e. The van der Waals surface area contributed by atoms with Gasteiger partial charge < -0.3 is 10.1 Å². The molecule has 1 amide bonds. The molecule has 2 aromatic rings. The van der Waals surface area contributed by atoms with Crippen molar-refractivity contribution in [1.29, 1.82) is 0 Å². The van der Waals surface area contributed by atoms with Crippen LogP contribution in [0.2, 0.25) is 0 Å². The average Bonchev–Trinajstić information content (AvgIpc) is 2.68. The molecule has 0 aromatic heterocycles. The second kappa shape index (κ2) is 6.79. The van der Waals surface area contributed by atoms with Crippen molar-refractivity contribution in [3.05, 3.63) is 74.3 Å². The summed E-state index contributed by atoms with van der Waals surface area (Å²) in [6.07, 6.45) is 0. The number of nitro benzene ring substituents is 1. The van der Waals surface area contributed by atoms with Gasteiger partial charge in [-0.2, -0.15) is 0 Å². The van der Waals surface area contributed by atoms with E-state index in [2.05, 4.69) is 5.32 Å². The van der Waals surface area contributed by atoms with E-state index in [1.54, 1.807) is 6.07 Å². The van der Waals surface area contributed by atoms with Gasteiger partial charge in [0.25, 0.3) is 11.6 Å². The number of nitrogens with zero attached hydrogens (tertiary/aromatic N) is 1. The van der Waals surface area contributed by atoms with Crippen LogP contribution in [0.1, 0.15) is 42.2 Å². The van der Waals surface area contributed by atoms with E-state index in [-0.39, 0.29) is 16.7 Å². The van der Waals surface area contributed by atoms with E-state index < -0.39 is 51.8 Å². The van der Waals surface area contributed by atoms with Crippen LogP contribution in [0.15, 0.2) is 36.4 Å². The number of carbonyl (C=O) groups is 4. The Kier molecular flexibility index (Phi) is 4.51. The third kappa shape index (κ3) is 2.95. The molecule has 0 fully saturated rings. The number of carbonyl (C=O) groups excluding carboxylic acids is 4. The SMILES string of the molecule is CNC(=O)COC(=O)c1ccc2c(c1[N+](=O)[O-])C(=O)c1ccccc1C2=O. The van der Waals surface area contributed by atoms with Gasteiger partial charge in [0.05, 0.1) is 4.92 Å². The van der Waals surface area contributed by atoms with Crippen LogP contribution in [0.25, 0.3) is 0 Å². The molecular formula is C18H12N2O7. The highest BCUT2D eigenvalue weighted by Gasteiger charge is 2.39. The first-order valence-electron chi connectivity index (χ1n) is 7.74. The lowest BCUT2D eigenvalue weighted by atomic mass is 9.82. The third-order valence-corrected chi connectivity index (χ3v) is 4.08. The minimum absolute atomic E-state index is 0.0222. The van der Waals surface area contributed by atoms with Gasteiger partial charge in [0.15, 0.2) is 12.4 Å². The van der Waals surface area contributed by atoms with Crippen LogP contribution in [0.3, 0.4) is 0 Å². The van der Waals surface area contributed by atoms with E-state index in [1.165, 1.54) is 31.3 Å². The van der Waals surface area contributed by atoms with Crippen LogP contribution >= 0.6 is 0 Å². The van der Waals surface area contributed by atoms with E-state index in [4.69, 9.17) is 4.74 Å². The lowest BCUT2D eigenvalue weighted by Crippen LogP contribution is -2.26. The van der Waals surface area contributed by atoms with Crippen LogP contribution in [0.5, 0.6) is 0 Å². The summed E-state index contributed by atoms with van der Waals surface area (Å²) in [7, 11) is 1.33. The van der Waals surface area contributed by atoms with Crippen molar-refractivity contribution in [3.8, 4) is 0 Å². The van der Waals surface area contributed by atoms with Crippen LogP contribution < -0.4 is 5.32 Å². The van der Waals surface area contributed by atoms with Crippen LogP contribution in [-0.4, -0.2) is 42.0 Å². The van der Waals surface area contributed by atoms with E-state index in [1.807, 2.05) is 0 Å². The number of hydrogen-bond acceptors (Lipinski definition) is 7. The normalized spacial score (nSPS) is 12.0. The van der Waals surface area contributed by atoms with Crippen molar-refractivity contribution in [2.45, 2.75) is 0 Å². The van der Waals surface area contributed by atoms with Gasteiger partial charge in [0.1, 0.15) is 11.1 Å². The fourth-order valence-electron chi connectivity index (χ4n) is 2.80. The van der Waals surface area contributed by atoms with Gasteiger partial charge in [-0.25, -0.2) is 4.79 Å². The van der Waals surface area contributed by atoms with Crippen molar-refractivity contribution in [3.63, 3.8) is 0 Å². The molecule has 1 aliphatic carbocycles. The van der Waals surface area contributed by atoms with Gasteiger partial charge in [0.2, 0.25) is 5.78 Å². The summed E-state index contributed by atoms with van der Waals surface area (Å²) < 4.78 is 4.74. The molecule has 27 heavy (non-hydrogen) atoms. The lowest BCUT2D eigenvalue weighted by Gasteiger charge is -2.18. The lowest BCUT2D eigenvalue weighted by molar-refractivity contribution is -0.385. The van der Waals surface area contributed by atoms with E-state index in [0.29, 0.717) is 0 Å². The number of likely N-dealkylation sites (N-methyl/N-ethyl adjacent to an activating group) is 1. The van der Waals surface area contributed by atoms with Crippen LogP contribution in [0, 0.1) is 10.1 Å². The maximum absolute atomic E-state index is 12.8. The van der Waals surface area contributed by atoms with Crippen LogP contribution in [0.4, 0.5) is 5.69 Å². The average molecular weight is 368 g/mol. The van der Waals surface area contributed by atoms with E-state index in [9.17, 15) is 29.3 Å². The number of ketones is 2. The summed E-state index contributed by atoms with van der Waals surface area (Å²) in [6, 6.07) is 8.17. The van der Waals surface area contributed by atoms with Crippen molar-refractivity contribution in [2.75, 3.05) is 13.7 Å². The summed E-state index contributed by atoms with van der Waals surface area (Å²) >= 11 is 0. The monoisotopic (exact) mass is 368 g/mol. The molecule has 1 aliphatic rings. The third-order valence-electron chi connectivity index (χ3n) is 4.08. The fraction of sp³-hybridized carbons (Fsp3) is 0.111. The Bertz CT molecular complexity index is 1030. The van der Waals surface area contributed by atoms with Crippen molar-refractivity contribution in [1.82, 2.24) is 5.32 Å². The van der Waals surface area contributed by atoms with Gasteiger partial charge in [-0.05, 0) is 12.1 Å². The summed E-state index contributed by atoms with van der Waals surface area (Å²) in [5.41, 5.74) is -1.79. The number of nitrogens with one attached hydrogen (secondary N) is 1. The molecule has 1 N–H and O–H groups in total. The molecule has 0 bridgehead atoms. The van der Waals surface area contributed by atoms with Gasteiger partial charge in [-0.15, -0.1) is 0 Å². The van der Waals surface area contributed by atoms with Crippen molar-refractivity contribution < 1.29 is 28.8 Å². The highest BCUT2D eigenvalue weighted by molar-refractivity contribution is 6.30. The number of rotatable bonds is 4. The molecule has 0 unspecified atom stereocenters. The largest absolute Gasteiger partial charge is 0.452 e. The fourth-order valence-corrected chi connectivity index (χ4v) is 2.80. The number of nitro groups is 1. The van der Waals surface area contributed by atoms with E-state index in [0.717, 1.165) is 6.07 Å². The molecule has 0 spiro atoms. The first-order chi connectivity index (χ1) is 12.9. The molecule has 9 nitrogen and oxygen atoms in total. The minimum Gasteiger partial charge on any atom is -0.452 e. The summed E-state index contributed by atoms with van der Waals surface area (Å²) in [5.74, 6) is -3.03. The number of benzene rings is 2. The first-order valence-corrected chi connectivity index (χ1v) is 7.74. The van der Waals surface area contributed by atoms with E-state index >= 15 is 0 Å². The molecule has 0 saturated heterocycles. The van der Waals surface area contributed by atoms with Gasteiger partial charge in [0, 0.05) is 23.7 Å². The topological polar surface area (TPSA) is 133 Å². The predicted octanol–water partition coefficient (Wildman–Crippen LogP) is 1.27. The second-order valence-electron chi connectivity index (χ2n) is 5.59. The summed E-state index contributed by atoms with van der Waals surface area (Å²) in [6.45, 7) is -0.640. The Morgan fingerprint density at radius 2 is 1.67 bits per heavy atom. The molecule has 0 heterocycles. The summed E-state index contributed by atoms with van der Waals surface area (Å²) in [5, 5.41) is 13.8. The molecule has 0 atom stereocenters. The Morgan fingerprint density at radius 1 is 1.04 bits per heavy atom. The van der Waals surface area contributed by atoms with Gasteiger partial charge in [-0.3, -0.25) is 24.5 Å². The number of fused-ring (bicyclic) bond motifs is 2. The highest BCUT2D eigenvalue weighted by atomic mass is 16.6. The van der Waals surface area contributed by atoms with Crippen molar-refractivity contribution >= 4 is 29.1 Å². The number of hydrogen-bond donors (Lipinski definition) is 1. The van der Waals surface area contributed by atoms with Crippen LogP contribution in [-0.2, 0) is 9.53 Å². The molecule has 0 saturated carbocycles. The summed E-state index contributed by atoms with van der Waals surface area (Å²) in [4.78, 5) is 59.5. The number of ether oxygens (including phenoxy) is 1. The zero-order valence-corrected chi connectivity index (χ0v) is 14.0. The number of esters is 1. The molecule has 0 aliphatic heterocycles. The zero-order chi connectivity index (χ0) is 19.7. The highest BCUT2D eigenvalue weighted by Crippen LogP contribution is 2.35.